The summed E-state index contributed by atoms with van der Waals surface area (Å²) in [6.07, 6.45) is 11.9. The standard InChI is InChI=1S/C13H21N/c1-13(2,3)14-10-6-8-11-7-4-5-9-12(11)14/h4-5,7,9,11-12H,6,8,10H2,1-3H3. The highest BCUT2D eigenvalue weighted by atomic mass is 15.2. The van der Waals surface area contributed by atoms with Crippen molar-refractivity contribution in [3.05, 3.63) is 24.3 Å². The quantitative estimate of drug-likeness (QED) is 0.569. The lowest BCUT2D eigenvalue weighted by Gasteiger charge is -2.47. The molecule has 2 unspecified atom stereocenters. The molecule has 78 valence electrons. The van der Waals surface area contributed by atoms with E-state index in [-0.39, 0.29) is 0 Å². The molecule has 1 aliphatic heterocycles. The fourth-order valence-corrected chi connectivity index (χ4v) is 2.67. The Morgan fingerprint density at radius 3 is 2.57 bits per heavy atom. The van der Waals surface area contributed by atoms with Crippen LogP contribution in [0.3, 0.4) is 0 Å². The number of hydrogen-bond donors (Lipinski definition) is 0. The van der Waals surface area contributed by atoms with Crippen molar-refractivity contribution in [3.8, 4) is 0 Å². The van der Waals surface area contributed by atoms with Gasteiger partial charge in [-0.1, -0.05) is 24.3 Å². The van der Waals surface area contributed by atoms with Gasteiger partial charge in [0.25, 0.3) is 0 Å². The molecule has 0 aromatic heterocycles. The number of piperidine rings is 1. The zero-order valence-electron chi connectivity index (χ0n) is 9.53. The number of hydrogen-bond acceptors (Lipinski definition) is 1. The summed E-state index contributed by atoms with van der Waals surface area (Å²) in [5.74, 6) is 0.757. The van der Waals surface area contributed by atoms with Gasteiger partial charge < -0.3 is 0 Å². The van der Waals surface area contributed by atoms with Gasteiger partial charge in [-0.2, -0.15) is 0 Å². The Kier molecular flexibility index (Phi) is 2.52. The Balaban J connectivity index is 2.18. The Labute approximate surface area is 87.5 Å². The van der Waals surface area contributed by atoms with E-state index in [1.54, 1.807) is 0 Å². The van der Waals surface area contributed by atoms with Gasteiger partial charge in [0.2, 0.25) is 0 Å². The van der Waals surface area contributed by atoms with Crippen molar-refractivity contribution in [2.75, 3.05) is 6.54 Å². The van der Waals surface area contributed by atoms with Gasteiger partial charge in [0.15, 0.2) is 0 Å². The van der Waals surface area contributed by atoms with E-state index in [2.05, 4.69) is 50.0 Å². The molecule has 0 spiro atoms. The van der Waals surface area contributed by atoms with E-state index in [0.29, 0.717) is 11.6 Å². The summed E-state index contributed by atoms with van der Waals surface area (Å²) < 4.78 is 0. The maximum atomic E-state index is 2.64. The summed E-state index contributed by atoms with van der Waals surface area (Å²) in [6.45, 7) is 8.22. The summed E-state index contributed by atoms with van der Waals surface area (Å²) in [5.41, 5.74) is 0.304. The molecule has 14 heavy (non-hydrogen) atoms. The number of fused-ring (bicyclic) bond motifs is 1. The maximum absolute atomic E-state index is 2.64. The van der Waals surface area contributed by atoms with E-state index in [1.165, 1.54) is 19.4 Å². The number of nitrogens with zero attached hydrogens (tertiary/aromatic N) is 1. The molecule has 2 atom stereocenters. The minimum Gasteiger partial charge on any atom is -0.291 e. The first-order valence-electron chi connectivity index (χ1n) is 5.71. The van der Waals surface area contributed by atoms with Crippen LogP contribution in [-0.4, -0.2) is 23.0 Å². The fraction of sp³-hybridized carbons (Fsp3) is 0.692. The van der Waals surface area contributed by atoms with Crippen molar-refractivity contribution in [3.63, 3.8) is 0 Å². The first-order chi connectivity index (χ1) is 6.59. The smallest absolute Gasteiger partial charge is 0.0349 e. The topological polar surface area (TPSA) is 3.24 Å². The molecule has 0 aromatic carbocycles. The van der Waals surface area contributed by atoms with E-state index in [4.69, 9.17) is 0 Å². The number of likely N-dealkylation sites (tertiary alicyclic amines) is 1. The average molecular weight is 191 g/mol. The van der Waals surface area contributed by atoms with Gasteiger partial charge in [0, 0.05) is 11.6 Å². The van der Waals surface area contributed by atoms with Crippen LogP contribution < -0.4 is 0 Å². The SMILES string of the molecule is CC(C)(C)N1CCCC2C=CC=CC21. The van der Waals surface area contributed by atoms with Crippen LogP contribution >= 0.6 is 0 Å². The third-order valence-corrected chi connectivity index (χ3v) is 3.37. The zero-order valence-corrected chi connectivity index (χ0v) is 9.53. The first-order valence-corrected chi connectivity index (χ1v) is 5.71. The molecule has 2 rings (SSSR count). The summed E-state index contributed by atoms with van der Waals surface area (Å²) in [7, 11) is 0. The first kappa shape index (κ1) is 9.97. The summed E-state index contributed by atoms with van der Waals surface area (Å²) >= 11 is 0. The van der Waals surface area contributed by atoms with Gasteiger partial charge in [-0.15, -0.1) is 0 Å². The normalized spacial score (nSPS) is 33.1. The molecule has 1 aliphatic carbocycles. The minimum atomic E-state index is 0.304. The van der Waals surface area contributed by atoms with Crippen LogP contribution in [0.15, 0.2) is 24.3 Å². The lowest BCUT2D eigenvalue weighted by Crippen LogP contribution is -2.53. The van der Waals surface area contributed by atoms with Crippen molar-refractivity contribution in [2.45, 2.75) is 45.2 Å². The molecule has 1 saturated heterocycles. The fourth-order valence-electron chi connectivity index (χ4n) is 2.67. The van der Waals surface area contributed by atoms with Crippen LogP contribution in [0.4, 0.5) is 0 Å². The summed E-state index contributed by atoms with van der Waals surface area (Å²) in [6, 6.07) is 0.647. The second kappa shape index (κ2) is 3.54. The highest BCUT2D eigenvalue weighted by molar-refractivity contribution is 5.19. The largest absolute Gasteiger partial charge is 0.291 e. The summed E-state index contributed by atoms with van der Waals surface area (Å²) in [5, 5.41) is 0. The molecule has 2 aliphatic rings. The molecule has 1 nitrogen and oxygen atoms in total. The lowest BCUT2D eigenvalue weighted by atomic mass is 9.83. The van der Waals surface area contributed by atoms with Gasteiger partial charge in [-0.25, -0.2) is 0 Å². The maximum Gasteiger partial charge on any atom is 0.0349 e. The van der Waals surface area contributed by atoms with E-state index >= 15 is 0 Å². The van der Waals surface area contributed by atoms with Crippen LogP contribution in [0.1, 0.15) is 33.6 Å². The van der Waals surface area contributed by atoms with Crippen molar-refractivity contribution in [2.24, 2.45) is 5.92 Å². The predicted octanol–water partition coefficient (Wildman–Crippen LogP) is 2.99. The van der Waals surface area contributed by atoms with E-state index in [1.807, 2.05) is 0 Å². The van der Waals surface area contributed by atoms with Crippen LogP contribution in [0.25, 0.3) is 0 Å². The Hall–Kier alpha value is -0.560. The molecule has 0 aromatic rings. The van der Waals surface area contributed by atoms with Crippen molar-refractivity contribution in [1.82, 2.24) is 4.90 Å². The lowest BCUT2D eigenvalue weighted by molar-refractivity contribution is 0.0524. The van der Waals surface area contributed by atoms with Gasteiger partial charge >= 0.3 is 0 Å². The van der Waals surface area contributed by atoms with Gasteiger partial charge in [-0.3, -0.25) is 4.90 Å². The van der Waals surface area contributed by atoms with Crippen LogP contribution in [0, 0.1) is 5.92 Å². The highest BCUT2D eigenvalue weighted by Gasteiger charge is 2.34. The molecule has 1 heterocycles. The van der Waals surface area contributed by atoms with Crippen LogP contribution in [-0.2, 0) is 0 Å². The van der Waals surface area contributed by atoms with E-state index < -0.39 is 0 Å². The third-order valence-electron chi connectivity index (χ3n) is 3.37. The average Bonchev–Trinajstić information content (AvgIpc) is 2.15. The molecular weight excluding hydrogens is 170 g/mol. The van der Waals surface area contributed by atoms with Crippen LogP contribution in [0.5, 0.6) is 0 Å². The summed E-state index contributed by atoms with van der Waals surface area (Å²) in [4.78, 5) is 2.64. The Morgan fingerprint density at radius 1 is 1.14 bits per heavy atom. The molecule has 0 amide bonds. The van der Waals surface area contributed by atoms with Gasteiger partial charge in [-0.05, 0) is 46.1 Å². The highest BCUT2D eigenvalue weighted by Crippen LogP contribution is 2.32. The molecule has 0 radical (unpaired) electrons. The van der Waals surface area contributed by atoms with Gasteiger partial charge in [0.1, 0.15) is 0 Å². The molecule has 1 heteroatoms. The van der Waals surface area contributed by atoms with Gasteiger partial charge in [0.05, 0.1) is 0 Å². The number of rotatable bonds is 0. The molecule has 1 fully saturated rings. The van der Waals surface area contributed by atoms with Crippen molar-refractivity contribution < 1.29 is 0 Å². The molecule has 0 N–H and O–H groups in total. The van der Waals surface area contributed by atoms with Crippen molar-refractivity contribution >= 4 is 0 Å². The Morgan fingerprint density at radius 2 is 1.86 bits per heavy atom. The van der Waals surface area contributed by atoms with Crippen LogP contribution in [0.2, 0.25) is 0 Å². The molecular formula is C13H21N. The third kappa shape index (κ3) is 1.78. The molecule has 0 bridgehead atoms. The monoisotopic (exact) mass is 191 g/mol. The second-order valence-corrected chi connectivity index (χ2v) is 5.43. The molecule has 0 saturated carbocycles. The minimum absolute atomic E-state index is 0.304. The predicted molar refractivity (Wildman–Crippen MR) is 61.3 cm³/mol. The zero-order chi connectivity index (χ0) is 10.2. The van der Waals surface area contributed by atoms with Crippen molar-refractivity contribution in [1.29, 1.82) is 0 Å². The number of allylic oxidation sites excluding steroid dienone is 2. The van der Waals surface area contributed by atoms with E-state index in [0.717, 1.165) is 5.92 Å². The second-order valence-electron chi connectivity index (χ2n) is 5.43. The van der Waals surface area contributed by atoms with E-state index in [9.17, 15) is 0 Å². The Bertz CT molecular complexity index is 257.